The maximum absolute atomic E-state index is 11.5. The van der Waals surface area contributed by atoms with Crippen molar-refractivity contribution in [1.82, 2.24) is 5.32 Å². The summed E-state index contributed by atoms with van der Waals surface area (Å²) < 4.78 is 5.65. The quantitative estimate of drug-likeness (QED) is 0.514. The molecule has 0 radical (unpaired) electrons. The van der Waals surface area contributed by atoms with Crippen LogP contribution in [0.1, 0.15) is 12.5 Å². The molecule has 90 valence electrons. The molecule has 1 N–H and O–H groups in total. The predicted molar refractivity (Wildman–Crippen MR) is 68.0 cm³/mol. The lowest BCUT2D eigenvalue weighted by Crippen LogP contribution is -2.20. The lowest BCUT2D eigenvalue weighted by atomic mass is 10.2. The molecular weight excluding hydrogens is 286 g/mol. The topological polar surface area (TPSA) is 55.4 Å². The number of esters is 1. The molecule has 0 fully saturated rings. The molecule has 1 rings (SSSR count). The van der Waals surface area contributed by atoms with Gasteiger partial charge in [0.2, 0.25) is 6.41 Å². The first-order valence-corrected chi connectivity index (χ1v) is 5.82. The van der Waals surface area contributed by atoms with E-state index < -0.39 is 5.97 Å². The molecule has 0 aliphatic rings. The van der Waals surface area contributed by atoms with Crippen molar-refractivity contribution in [2.75, 3.05) is 6.61 Å². The lowest BCUT2D eigenvalue weighted by Gasteiger charge is -2.06. The first kappa shape index (κ1) is 13.4. The van der Waals surface area contributed by atoms with Crippen LogP contribution in [-0.2, 0) is 14.3 Å². The van der Waals surface area contributed by atoms with Crippen LogP contribution in [0.5, 0.6) is 0 Å². The number of ether oxygens (including phenoxy) is 1. The van der Waals surface area contributed by atoms with Gasteiger partial charge in [0.15, 0.2) is 0 Å². The Bertz CT molecular complexity index is 443. The number of carbonyl (C=O) groups excluding carboxylic acids is 2. The number of carbonyl (C=O) groups is 2. The van der Waals surface area contributed by atoms with Crippen molar-refractivity contribution >= 4 is 34.4 Å². The Balaban J connectivity index is 3.01. The zero-order valence-electron chi connectivity index (χ0n) is 9.27. The summed E-state index contributed by atoms with van der Waals surface area (Å²) in [5, 5.41) is 2.33. The molecule has 0 aliphatic carbocycles. The van der Waals surface area contributed by atoms with Crippen LogP contribution in [0.4, 0.5) is 0 Å². The van der Waals surface area contributed by atoms with Crippen molar-refractivity contribution in [2.24, 2.45) is 0 Å². The highest BCUT2D eigenvalue weighted by atomic mass is 79.9. The maximum Gasteiger partial charge on any atom is 0.354 e. The third-order valence-corrected chi connectivity index (χ3v) is 2.64. The second-order valence-electron chi connectivity index (χ2n) is 3.06. The summed E-state index contributed by atoms with van der Waals surface area (Å²) in [6.45, 7) is 1.96. The monoisotopic (exact) mass is 297 g/mol. The number of hydrogen-bond donors (Lipinski definition) is 1. The van der Waals surface area contributed by atoms with Crippen molar-refractivity contribution in [3.8, 4) is 0 Å². The lowest BCUT2D eigenvalue weighted by molar-refractivity contribution is -0.139. The van der Waals surface area contributed by atoms with Crippen LogP contribution in [0, 0.1) is 0 Å². The van der Waals surface area contributed by atoms with E-state index in [-0.39, 0.29) is 12.3 Å². The summed E-state index contributed by atoms with van der Waals surface area (Å²) in [6.07, 6.45) is 2.00. The van der Waals surface area contributed by atoms with E-state index in [4.69, 9.17) is 4.74 Å². The molecule has 17 heavy (non-hydrogen) atoms. The van der Waals surface area contributed by atoms with Gasteiger partial charge >= 0.3 is 5.97 Å². The van der Waals surface area contributed by atoms with Gasteiger partial charge in [-0.1, -0.05) is 34.1 Å². The molecular formula is C12H12BrNO3. The van der Waals surface area contributed by atoms with Gasteiger partial charge in [-0.2, -0.15) is 0 Å². The van der Waals surface area contributed by atoms with Gasteiger partial charge in [0, 0.05) is 4.47 Å². The van der Waals surface area contributed by atoms with Gasteiger partial charge in [-0.25, -0.2) is 4.79 Å². The minimum atomic E-state index is -0.560. The molecule has 0 heterocycles. The SMILES string of the molecule is CCOC(=O)/C(=C/c1ccccc1Br)NC=O. The molecule has 0 saturated carbocycles. The van der Waals surface area contributed by atoms with E-state index in [9.17, 15) is 9.59 Å². The van der Waals surface area contributed by atoms with Gasteiger partial charge in [-0.05, 0) is 24.6 Å². The van der Waals surface area contributed by atoms with Crippen molar-refractivity contribution in [3.63, 3.8) is 0 Å². The molecule has 5 heteroatoms. The Morgan fingerprint density at radius 1 is 1.47 bits per heavy atom. The van der Waals surface area contributed by atoms with Crippen LogP contribution < -0.4 is 5.32 Å². The summed E-state index contributed by atoms with van der Waals surface area (Å²) in [5.74, 6) is -0.560. The highest BCUT2D eigenvalue weighted by Crippen LogP contribution is 2.18. The minimum absolute atomic E-state index is 0.105. The van der Waals surface area contributed by atoms with Crippen LogP contribution >= 0.6 is 15.9 Å². The average Bonchev–Trinajstić information content (AvgIpc) is 2.31. The normalized spacial score (nSPS) is 10.8. The average molecular weight is 298 g/mol. The Hall–Kier alpha value is -1.62. The maximum atomic E-state index is 11.5. The molecule has 0 saturated heterocycles. The molecule has 0 aromatic heterocycles. The van der Waals surface area contributed by atoms with Gasteiger partial charge in [-0.15, -0.1) is 0 Å². The van der Waals surface area contributed by atoms with E-state index in [0.29, 0.717) is 6.41 Å². The van der Waals surface area contributed by atoms with Gasteiger partial charge < -0.3 is 10.1 Å². The van der Waals surface area contributed by atoms with E-state index in [1.807, 2.05) is 24.3 Å². The largest absolute Gasteiger partial charge is 0.461 e. The summed E-state index contributed by atoms with van der Waals surface area (Å²) in [5.41, 5.74) is 0.888. The van der Waals surface area contributed by atoms with Crippen LogP contribution in [0.3, 0.4) is 0 Å². The fraction of sp³-hybridized carbons (Fsp3) is 0.167. The van der Waals surface area contributed by atoms with Crippen molar-refractivity contribution in [2.45, 2.75) is 6.92 Å². The Kier molecular flexibility index (Phi) is 5.42. The molecule has 0 spiro atoms. The number of rotatable bonds is 5. The molecule has 0 aliphatic heterocycles. The third-order valence-electron chi connectivity index (χ3n) is 1.91. The number of benzene rings is 1. The van der Waals surface area contributed by atoms with Crippen LogP contribution in [0.15, 0.2) is 34.4 Å². The van der Waals surface area contributed by atoms with Gasteiger partial charge in [-0.3, -0.25) is 4.79 Å². The number of amides is 1. The van der Waals surface area contributed by atoms with E-state index in [1.54, 1.807) is 13.0 Å². The molecule has 0 bridgehead atoms. The molecule has 0 unspecified atom stereocenters. The molecule has 4 nitrogen and oxygen atoms in total. The summed E-state index contributed by atoms with van der Waals surface area (Å²) in [4.78, 5) is 21.9. The van der Waals surface area contributed by atoms with E-state index in [1.165, 1.54) is 0 Å². The van der Waals surface area contributed by atoms with Crippen LogP contribution in [-0.4, -0.2) is 19.0 Å². The second kappa shape index (κ2) is 6.85. The Labute approximate surface area is 108 Å². The molecule has 0 atom stereocenters. The zero-order valence-corrected chi connectivity index (χ0v) is 10.9. The number of nitrogens with one attached hydrogen (secondary N) is 1. The Morgan fingerprint density at radius 2 is 2.18 bits per heavy atom. The summed E-state index contributed by atoms with van der Waals surface area (Å²) >= 11 is 3.35. The second-order valence-corrected chi connectivity index (χ2v) is 3.92. The summed E-state index contributed by atoms with van der Waals surface area (Å²) in [6, 6.07) is 7.35. The molecule has 1 aromatic rings. The van der Waals surface area contributed by atoms with Crippen molar-refractivity contribution < 1.29 is 14.3 Å². The summed E-state index contributed by atoms with van der Waals surface area (Å²) in [7, 11) is 0. The zero-order chi connectivity index (χ0) is 12.7. The molecule has 1 aromatic carbocycles. The smallest absolute Gasteiger partial charge is 0.354 e. The molecule has 1 amide bonds. The van der Waals surface area contributed by atoms with Gasteiger partial charge in [0.1, 0.15) is 5.70 Å². The van der Waals surface area contributed by atoms with Crippen LogP contribution in [0.2, 0.25) is 0 Å². The number of hydrogen-bond acceptors (Lipinski definition) is 3. The minimum Gasteiger partial charge on any atom is -0.461 e. The van der Waals surface area contributed by atoms with E-state index >= 15 is 0 Å². The highest BCUT2D eigenvalue weighted by Gasteiger charge is 2.10. The number of halogens is 1. The Morgan fingerprint density at radius 3 is 2.76 bits per heavy atom. The van der Waals surface area contributed by atoms with Crippen molar-refractivity contribution in [3.05, 3.63) is 40.0 Å². The van der Waals surface area contributed by atoms with E-state index in [0.717, 1.165) is 10.0 Å². The van der Waals surface area contributed by atoms with Crippen LogP contribution in [0.25, 0.3) is 6.08 Å². The van der Waals surface area contributed by atoms with Gasteiger partial charge in [0.25, 0.3) is 0 Å². The third kappa shape index (κ3) is 4.03. The fourth-order valence-corrected chi connectivity index (χ4v) is 1.58. The highest BCUT2D eigenvalue weighted by molar-refractivity contribution is 9.10. The predicted octanol–water partition coefficient (Wildman–Crippen LogP) is 2.10. The van der Waals surface area contributed by atoms with Crippen molar-refractivity contribution in [1.29, 1.82) is 0 Å². The van der Waals surface area contributed by atoms with Gasteiger partial charge in [0.05, 0.1) is 6.61 Å². The standard InChI is InChI=1S/C12H12BrNO3/c1-2-17-12(16)11(14-8-15)7-9-5-3-4-6-10(9)13/h3-8H,2H2,1H3,(H,14,15)/b11-7-. The first-order valence-electron chi connectivity index (χ1n) is 5.02. The van der Waals surface area contributed by atoms with E-state index in [2.05, 4.69) is 21.2 Å². The first-order chi connectivity index (χ1) is 8.19. The fourth-order valence-electron chi connectivity index (χ4n) is 1.18.